The Morgan fingerprint density at radius 2 is 1.67 bits per heavy atom. The lowest BCUT2D eigenvalue weighted by molar-refractivity contribution is 0.126. The first kappa shape index (κ1) is 17.2. The van der Waals surface area contributed by atoms with Crippen molar-refractivity contribution >= 4 is 0 Å². The predicted molar refractivity (Wildman–Crippen MR) is 102 cm³/mol. The van der Waals surface area contributed by atoms with Crippen LogP contribution in [-0.2, 0) is 6.54 Å². The first-order chi connectivity index (χ1) is 11.4. The van der Waals surface area contributed by atoms with E-state index < -0.39 is 0 Å². The number of nitrogens with zero attached hydrogens (tertiary/aromatic N) is 2. The largest absolute Gasteiger partial charge is 0.297 e. The molecule has 1 aliphatic heterocycles. The highest BCUT2D eigenvalue weighted by molar-refractivity contribution is 5.63. The average Bonchev–Trinajstić information content (AvgIpc) is 2.57. The molecule has 1 fully saturated rings. The van der Waals surface area contributed by atoms with Gasteiger partial charge in [-0.25, -0.2) is 0 Å². The molecule has 0 spiro atoms. The smallest absolute Gasteiger partial charge is 0.0550 e. The van der Waals surface area contributed by atoms with Gasteiger partial charge in [-0.15, -0.1) is 0 Å². The van der Waals surface area contributed by atoms with E-state index in [0.717, 1.165) is 6.54 Å². The number of hydrogen-bond acceptors (Lipinski definition) is 2. The molecular formula is C22H30N2. The molecule has 0 aliphatic carbocycles. The summed E-state index contributed by atoms with van der Waals surface area (Å²) in [5.41, 5.74) is 5.63. The fourth-order valence-corrected chi connectivity index (χ4v) is 3.35. The summed E-state index contributed by atoms with van der Waals surface area (Å²) >= 11 is 0. The molecule has 0 bridgehead atoms. The lowest BCUT2D eigenvalue weighted by atomic mass is 9.82. The molecule has 1 saturated heterocycles. The Balaban J connectivity index is 1.70. The molecule has 128 valence electrons. The van der Waals surface area contributed by atoms with Crippen LogP contribution in [0.4, 0.5) is 0 Å². The third-order valence-corrected chi connectivity index (χ3v) is 5.32. The molecule has 3 rings (SSSR count). The summed E-state index contributed by atoms with van der Waals surface area (Å²) < 4.78 is 0. The highest BCUT2D eigenvalue weighted by atomic mass is 15.1. The van der Waals surface area contributed by atoms with Gasteiger partial charge < -0.3 is 0 Å². The summed E-state index contributed by atoms with van der Waals surface area (Å²) in [5, 5.41) is 0. The van der Waals surface area contributed by atoms with Gasteiger partial charge in [0, 0.05) is 12.7 Å². The van der Waals surface area contributed by atoms with Crippen molar-refractivity contribution in [3.63, 3.8) is 0 Å². The van der Waals surface area contributed by atoms with Crippen LogP contribution in [0.5, 0.6) is 0 Å². The molecule has 0 saturated carbocycles. The normalized spacial score (nSPS) is 18.0. The number of piperidine rings is 1. The van der Waals surface area contributed by atoms with E-state index in [1.165, 1.54) is 48.3 Å². The molecule has 1 aromatic heterocycles. The number of rotatable bonds is 4. The molecule has 2 aromatic rings. The van der Waals surface area contributed by atoms with Crippen LogP contribution in [-0.4, -0.2) is 23.0 Å². The van der Waals surface area contributed by atoms with Gasteiger partial charge in [-0.3, -0.25) is 9.88 Å². The van der Waals surface area contributed by atoms with E-state index in [2.05, 4.69) is 74.0 Å². The lowest BCUT2D eigenvalue weighted by Gasteiger charge is -2.36. The second-order valence-corrected chi connectivity index (χ2v) is 8.25. The second-order valence-electron chi connectivity index (χ2n) is 8.25. The Morgan fingerprint density at radius 3 is 2.29 bits per heavy atom. The van der Waals surface area contributed by atoms with E-state index in [-0.39, 0.29) is 0 Å². The fraction of sp³-hybridized carbons (Fsp3) is 0.500. The van der Waals surface area contributed by atoms with E-state index in [9.17, 15) is 0 Å². The molecule has 1 aromatic carbocycles. The summed E-state index contributed by atoms with van der Waals surface area (Å²) in [4.78, 5) is 7.14. The molecule has 2 heterocycles. The summed E-state index contributed by atoms with van der Waals surface area (Å²) in [7, 11) is 0. The minimum atomic E-state index is 0.504. The number of aromatic nitrogens is 1. The Kier molecular flexibility index (Phi) is 5.05. The molecule has 0 radical (unpaired) electrons. The van der Waals surface area contributed by atoms with Gasteiger partial charge in [0.25, 0.3) is 0 Å². The third-order valence-electron chi connectivity index (χ3n) is 5.32. The highest BCUT2D eigenvalue weighted by Crippen LogP contribution is 2.30. The fourth-order valence-electron chi connectivity index (χ4n) is 3.35. The Labute approximate surface area is 146 Å². The molecule has 2 heteroatoms. The van der Waals surface area contributed by atoms with E-state index in [4.69, 9.17) is 0 Å². The lowest BCUT2D eigenvalue weighted by Crippen LogP contribution is -2.36. The Morgan fingerprint density at radius 1 is 1.00 bits per heavy atom. The van der Waals surface area contributed by atoms with Gasteiger partial charge in [0.1, 0.15) is 0 Å². The van der Waals surface area contributed by atoms with Crippen LogP contribution in [0.25, 0.3) is 11.1 Å². The zero-order chi connectivity index (χ0) is 17.2. The quantitative estimate of drug-likeness (QED) is 0.739. The maximum absolute atomic E-state index is 4.60. The zero-order valence-corrected chi connectivity index (χ0v) is 15.5. The van der Waals surface area contributed by atoms with Crippen molar-refractivity contribution in [1.82, 2.24) is 9.88 Å². The summed E-state index contributed by atoms with van der Waals surface area (Å²) in [6.07, 6.45) is 4.52. The molecular weight excluding hydrogens is 292 g/mol. The van der Waals surface area contributed by atoms with E-state index in [1.54, 1.807) is 0 Å². The minimum Gasteiger partial charge on any atom is -0.297 e. The number of benzene rings is 1. The first-order valence-electron chi connectivity index (χ1n) is 9.21. The molecule has 0 amide bonds. The van der Waals surface area contributed by atoms with Gasteiger partial charge in [0.15, 0.2) is 0 Å². The van der Waals surface area contributed by atoms with E-state index in [1.807, 2.05) is 6.20 Å². The first-order valence-corrected chi connectivity index (χ1v) is 9.21. The second kappa shape index (κ2) is 7.06. The van der Waals surface area contributed by atoms with Crippen LogP contribution in [0.15, 0.2) is 42.6 Å². The topological polar surface area (TPSA) is 16.1 Å². The average molecular weight is 322 g/mol. The van der Waals surface area contributed by atoms with Crippen molar-refractivity contribution in [1.29, 1.82) is 0 Å². The maximum Gasteiger partial charge on any atom is 0.0550 e. The maximum atomic E-state index is 4.60. The van der Waals surface area contributed by atoms with Crippen molar-refractivity contribution in [2.45, 2.75) is 53.0 Å². The van der Waals surface area contributed by atoms with Crippen LogP contribution >= 0.6 is 0 Å². The van der Waals surface area contributed by atoms with Gasteiger partial charge in [-0.1, -0.05) is 52.0 Å². The molecule has 0 N–H and O–H groups in total. The standard InChI is InChI=1S/C22H30N2/c1-17(2)18-5-7-19(8-6-18)20-9-12-23-21(15-20)16-24-13-10-22(3,4)11-14-24/h5-9,12,15,17H,10-11,13-14,16H2,1-4H3. The van der Waals surface area contributed by atoms with Gasteiger partial charge >= 0.3 is 0 Å². The zero-order valence-electron chi connectivity index (χ0n) is 15.5. The molecule has 1 aliphatic rings. The van der Waals surface area contributed by atoms with Crippen molar-refractivity contribution < 1.29 is 0 Å². The van der Waals surface area contributed by atoms with E-state index >= 15 is 0 Å². The summed E-state index contributed by atoms with van der Waals surface area (Å²) in [6, 6.07) is 13.3. The Bertz CT molecular complexity index is 661. The molecule has 24 heavy (non-hydrogen) atoms. The number of hydrogen-bond donors (Lipinski definition) is 0. The molecule has 0 atom stereocenters. The van der Waals surface area contributed by atoms with Gasteiger partial charge in [0.05, 0.1) is 5.69 Å². The minimum absolute atomic E-state index is 0.504. The Hall–Kier alpha value is -1.67. The van der Waals surface area contributed by atoms with Crippen LogP contribution in [0.3, 0.4) is 0 Å². The summed E-state index contributed by atoms with van der Waals surface area (Å²) in [5.74, 6) is 0.579. The van der Waals surface area contributed by atoms with Gasteiger partial charge in [-0.05, 0) is 66.1 Å². The van der Waals surface area contributed by atoms with Crippen LogP contribution in [0.2, 0.25) is 0 Å². The van der Waals surface area contributed by atoms with Gasteiger partial charge in [-0.2, -0.15) is 0 Å². The number of likely N-dealkylation sites (tertiary alicyclic amines) is 1. The highest BCUT2D eigenvalue weighted by Gasteiger charge is 2.25. The SMILES string of the molecule is CC(C)c1ccc(-c2ccnc(CN3CCC(C)(C)CC3)c2)cc1. The van der Waals surface area contributed by atoms with Crippen molar-refractivity contribution in [2.24, 2.45) is 5.41 Å². The van der Waals surface area contributed by atoms with Crippen molar-refractivity contribution in [3.8, 4) is 11.1 Å². The third kappa shape index (κ3) is 4.24. The molecule has 0 unspecified atom stereocenters. The summed E-state index contributed by atoms with van der Waals surface area (Å²) in [6.45, 7) is 12.6. The van der Waals surface area contributed by atoms with Crippen LogP contribution in [0.1, 0.15) is 57.7 Å². The van der Waals surface area contributed by atoms with Crippen LogP contribution < -0.4 is 0 Å². The van der Waals surface area contributed by atoms with Crippen molar-refractivity contribution in [2.75, 3.05) is 13.1 Å². The van der Waals surface area contributed by atoms with Gasteiger partial charge in [0.2, 0.25) is 0 Å². The predicted octanol–water partition coefficient (Wildman–Crippen LogP) is 5.49. The molecule has 2 nitrogen and oxygen atoms in total. The number of pyridine rings is 1. The monoisotopic (exact) mass is 322 g/mol. The van der Waals surface area contributed by atoms with Crippen LogP contribution in [0, 0.1) is 5.41 Å². The van der Waals surface area contributed by atoms with Crippen molar-refractivity contribution in [3.05, 3.63) is 53.9 Å². The van der Waals surface area contributed by atoms with E-state index in [0.29, 0.717) is 11.3 Å².